The zero-order valence-corrected chi connectivity index (χ0v) is 16.4. The normalized spacial score (nSPS) is 12.9. The van der Waals surface area contributed by atoms with Crippen LogP contribution in [-0.4, -0.2) is 40.8 Å². The number of nitro groups is 1. The molecule has 2 amide bonds. The van der Waals surface area contributed by atoms with Crippen molar-refractivity contribution < 1.29 is 24.0 Å². The molecule has 28 heavy (non-hydrogen) atoms. The van der Waals surface area contributed by atoms with Crippen LogP contribution in [0.25, 0.3) is 0 Å². The lowest BCUT2D eigenvalue weighted by Gasteiger charge is -2.13. The number of carbonyl (C=O) groups is 3. The lowest BCUT2D eigenvalue weighted by molar-refractivity contribution is -0.385. The van der Waals surface area contributed by atoms with E-state index in [0.717, 1.165) is 4.90 Å². The number of amides is 2. The van der Waals surface area contributed by atoms with Gasteiger partial charge in [-0.3, -0.25) is 24.6 Å². The van der Waals surface area contributed by atoms with Gasteiger partial charge in [0.05, 0.1) is 28.2 Å². The number of hydrogen-bond acceptors (Lipinski definition) is 6. The van der Waals surface area contributed by atoms with Crippen LogP contribution in [0.3, 0.4) is 0 Å². The van der Waals surface area contributed by atoms with E-state index in [0.29, 0.717) is 21.2 Å². The van der Waals surface area contributed by atoms with Gasteiger partial charge in [0.2, 0.25) is 0 Å². The van der Waals surface area contributed by atoms with Gasteiger partial charge >= 0.3 is 5.97 Å². The number of esters is 1. The highest BCUT2D eigenvalue weighted by atomic mass is 79.9. The molecule has 8 nitrogen and oxygen atoms in total. The van der Waals surface area contributed by atoms with E-state index in [2.05, 4.69) is 15.9 Å². The van der Waals surface area contributed by atoms with E-state index >= 15 is 0 Å². The van der Waals surface area contributed by atoms with Crippen LogP contribution in [0.4, 0.5) is 5.69 Å². The van der Waals surface area contributed by atoms with Crippen molar-refractivity contribution in [3.8, 4) is 0 Å². The largest absolute Gasteiger partial charge is 0.462 e. The standard InChI is InChI=1S/C19H15BrN2O6/c1-11-3-4-12(9-16(11)22(26)27)19(25)28-8-2-7-21-17(23)14-6-5-13(20)10-15(14)18(21)24/h3-6,9-10H,2,7-8H2,1H3. The molecule has 144 valence electrons. The number of ether oxygens (including phenoxy) is 1. The Morgan fingerprint density at radius 1 is 1.14 bits per heavy atom. The lowest BCUT2D eigenvalue weighted by atomic mass is 10.1. The Morgan fingerprint density at radius 2 is 1.86 bits per heavy atom. The molecule has 0 atom stereocenters. The van der Waals surface area contributed by atoms with E-state index < -0.39 is 10.9 Å². The van der Waals surface area contributed by atoms with Gasteiger partial charge in [-0.2, -0.15) is 0 Å². The Bertz CT molecular complexity index is 1000. The zero-order valence-electron chi connectivity index (χ0n) is 14.8. The third-order valence-corrected chi connectivity index (χ3v) is 4.83. The second-order valence-corrected chi connectivity index (χ2v) is 7.12. The molecule has 1 aliphatic heterocycles. The smallest absolute Gasteiger partial charge is 0.338 e. The van der Waals surface area contributed by atoms with Gasteiger partial charge in [0.25, 0.3) is 17.5 Å². The predicted molar refractivity (Wildman–Crippen MR) is 102 cm³/mol. The fourth-order valence-corrected chi connectivity index (χ4v) is 3.23. The van der Waals surface area contributed by atoms with Crippen molar-refractivity contribution in [1.82, 2.24) is 4.90 Å². The first kappa shape index (κ1) is 19.7. The van der Waals surface area contributed by atoms with E-state index in [1.54, 1.807) is 25.1 Å². The molecular weight excluding hydrogens is 432 g/mol. The molecule has 0 aromatic heterocycles. The molecule has 9 heteroatoms. The minimum atomic E-state index is -0.700. The number of fused-ring (bicyclic) bond motifs is 1. The second-order valence-electron chi connectivity index (χ2n) is 6.20. The van der Waals surface area contributed by atoms with Crippen molar-refractivity contribution in [3.05, 3.63) is 73.2 Å². The average Bonchev–Trinajstić information content (AvgIpc) is 2.89. The topological polar surface area (TPSA) is 107 Å². The van der Waals surface area contributed by atoms with E-state index in [1.807, 2.05) is 0 Å². The fraction of sp³-hybridized carbons (Fsp3) is 0.211. The van der Waals surface area contributed by atoms with Crippen LogP contribution in [0, 0.1) is 17.0 Å². The van der Waals surface area contributed by atoms with Gasteiger partial charge in [-0.25, -0.2) is 4.79 Å². The highest BCUT2D eigenvalue weighted by Gasteiger charge is 2.35. The summed E-state index contributed by atoms with van der Waals surface area (Å²) in [5.74, 6) is -1.47. The van der Waals surface area contributed by atoms with Crippen molar-refractivity contribution in [2.24, 2.45) is 0 Å². The van der Waals surface area contributed by atoms with Crippen molar-refractivity contribution in [1.29, 1.82) is 0 Å². The van der Waals surface area contributed by atoms with Crippen LogP contribution in [0.5, 0.6) is 0 Å². The molecule has 0 saturated carbocycles. The SMILES string of the molecule is Cc1ccc(C(=O)OCCCN2C(=O)c3ccc(Br)cc3C2=O)cc1[N+](=O)[O-]. The number of halogens is 1. The van der Waals surface area contributed by atoms with E-state index in [9.17, 15) is 24.5 Å². The number of aryl methyl sites for hydroxylation is 1. The molecule has 0 N–H and O–H groups in total. The summed E-state index contributed by atoms with van der Waals surface area (Å²) in [6.07, 6.45) is 0.256. The van der Waals surface area contributed by atoms with E-state index in [1.165, 1.54) is 18.2 Å². The van der Waals surface area contributed by atoms with Gasteiger partial charge in [-0.1, -0.05) is 22.0 Å². The van der Waals surface area contributed by atoms with Crippen molar-refractivity contribution in [2.75, 3.05) is 13.2 Å². The number of rotatable bonds is 6. The van der Waals surface area contributed by atoms with Gasteiger partial charge in [0.15, 0.2) is 0 Å². The number of imide groups is 1. The van der Waals surface area contributed by atoms with Crippen LogP contribution in [0.2, 0.25) is 0 Å². The molecule has 0 spiro atoms. The molecule has 0 fully saturated rings. The van der Waals surface area contributed by atoms with Gasteiger partial charge in [0.1, 0.15) is 0 Å². The van der Waals surface area contributed by atoms with Gasteiger partial charge in [-0.15, -0.1) is 0 Å². The molecule has 1 aliphatic rings. The number of hydrogen-bond donors (Lipinski definition) is 0. The number of carbonyl (C=O) groups excluding carboxylic acids is 3. The number of nitrogens with zero attached hydrogens (tertiary/aromatic N) is 2. The van der Waals surface area contributed by atoms with Gasteiger partial charge in [-0.05, 0) is 37.6 Å². The van der Waals surface area contributed by atoms with Gasteiger partial charge in [0, 0.05) is 22.6 Å². The Balaban J connectivity index is 1.56. The van der Waals surface area contributed by atoms with Gasteiger partial charge < -0.3 is 4.74 Å². The fourth-order valence-electron chi connectivity index (χ4n) is 2.87. The molecular formula is C19H15BrN2O6. The minimum absolute atomic E-state index is 0.0302. The van der Waals surface area contributed by atoms with Crippen molar-refractivity contribution in [3.63, 3.8) is 0 Å². The maximum atomic E-state index is 12.4. The number of nitro benzene ring substituents is 1. The van der Waals surface area contributed by atoms with Crippen molar-refractivity contribution >= 4 is 39.4 Å². The summed E-state index contributed by atoms with van der Waals surface area (Å²) in [6, 6.07) is 8.97. The van der Waals surface area contributed by atoms with E-state index in [4.69, 9.17) is 4.74 Å². The quantitative estimate of drug-likeness (QED) is 0.221. The van der Waals surface area contributed by atoms with Crippen LogP contribution in [0.1, 0.15) is 43.1 Å². The molecule has 2 aromatic rings. The summed E-state index contributed by atoms with van der Waals surface area (Å²) >= 11 is 3.27. The highest BCUT2D eigenvalue weighted by Crippen LogP contribution is 2.26. The summed E-state index contributed by atoms with van der Waals surface area (Å²) in [6.45, 7) is 1.65. The summed E-state index contributed by atoms with van der Waals surface area (Å²) in [5, 5.41) is 11.0. The molecule has 0 bridgehead atoms. The molecule has 0 radical (unpaired) electrons. The molecule has 0 saturated heterocycles. The first-order chi connectivity index (χ1) is 13.3. The Morgan fingerprint density at radius 3 is 2.57 bits per heavy atom. The zero-order chi connectivity index (χ0) is 20.4. The monoisotopic (exact) mass is 446 g/mol. The highest BCUT2D eigenvalue weighted by molar-refractivity contribution is 9.10. The third kappa shape index (κ3) is 3.79. The molecule has 0 unspecified atom stereocenters. The summed E-state index contributed by atoms with van der Waals surface area (Å²) in [5.41, 5.74) is 1.04. The summed E-state index contributed by atoms with van der Waals surface area (Å²) < 4.78 is 5.81. The Labute approximate surface area is 168 Å². The maximum absolute atomic E-state index is 12.4. The Kier molecular flexibility index (Phi) is 5.55. The summed E-state index contributed by atoms with van der Waals surface area (Å²) in [4.78, 5) is 48.3. The number of benzene rings is 2. The first-order valence-electron chi connectivity index (χ1n) is 8.37. The minimum Gasteiger partial charge on any atom is -0.462 e. The first-order valence-corrected chi connectivity index (χ1v) is 9.17. The maximum Gasteiger partial charge on any atom is 0.338 e. The van der Waals surface area contributed by atoms with Crippen LogP contribution in [0.15, 0.2) is 40.9 Å². The second kappa shape index (κ2) is 7.89. The van der Waals surface area contributed by atoms with Crippen LogP contribution in [-0.2, 0) is 4.74 Å². The molecule has 1 heterocycles. The molecule has 0 aliphatic carbocycles. The third-order valence-electron chi connectivity index (χ3n) is 4.33. The lowest BCUT2D eigenvalue weighted by Crippen LogP contribution is -2.31. The van der Waals surface area contributed by atoms with Crippen molar-refractivity contribution in [2.45, 2.75) is 13.3 Å². The van der Waals surface area contributed by atoms with Crippen LogP contribution < -0.4 is 0 Å². The predicted octanol–water partition coefficient (Wildman–Crippen LogP) is 3.51. The average molecular weight is 447 g/mol. The van der Waals surface area contributed by atoms with E-state index in [-0.39, 0.29) is 42.6 Å². The molecule has 3 rings (SSSR count). The Hall–Kier alpha value is -3.07. The molecule has 2 aromatic carbocycles. The van der Waals surface area contributed by atoms with Crippen LogP contribution >= 0.6 is 15.9 Å². The summed E-state index contributed by atoms with van der Waals surface area (Å²) in [7, 11) is 0.